The Balaban J connectivity index is 1.39. The van der Waals surface area contributed by atoms with Crippen LogP contribution in [0.2, 0.25) is 0 Å². The molecule has 5 aliphatic rings. The molecule has 34 heavy (non-hydrogen) atoms. The minimum atomic E-state index is 0.0530. The minimum absolute atomic E-state index is 0.0530. The Morgan fingerprint density at radius 3 is 2.62 bits per heavy atom. The third kappa shape index (κ3) is 4.35. The Hall–Kier alpha value is -3.45. The normalized spacial score (nSPS) is 28.4. The molecule has 0 bridgehead atoms. The lowest BCUT2D eigenvalue weighted by Gasteiger charge is -2.41. The lowest BCUT2D eigenvalue weighted by Crippen LogP contribution is -2.36. The van der Waals surface area contributed by atoms with Gasteiger partial charge in [-0.25, -0.2) is 0 Å². The van der Waals surface area contributed by atoms with Crippen LogP contribution >= 0.6 is 0 Å². The molecular weight excluding hydrogens is 424 g/mol. The molecule has 0 saturated carbocycles. The number of nitrogens with zero attached hydrogens (tertiary/aromatic N) is 5. The molecule has 2 heterocycles. The van der Waals surface area contributed by atoms with Crippen molar-refractivity contribution in [1.82, 2.24) is 4.90 Å². The molecule has 2 N–H and O–H groups in total. The van der Waals surface area contributed by atoms with Crippen LogP contribution in [-0.4, -0.2) is 48.3 Å². The summed E-state index contributed by atoms with van der Waals surface area (Å²) < 4.78 is 5.60. The second-order valence-corrected chi connectivity index (χ2v) is 9.15. The average Bonchev–Trinajstić information content (AvgIpc) is 2.85. The monoisotopic (exact) mass is 455 g/mol. The van der Waals surface area contributed by atoms with Gasteiger partial charge in [-0.15, -0.1) is 15.3 Å². The smallest absolute Gasteiger partial charge is 0.371 e. The van der Waals surface area contributed by atoms with Crippen molar-refractivity contribution in [2.75, 3.05) is 20.2 Å². The SMILES string of the molecule is C=C1C2=C3C(=C/C1=N/N=C1/C=C(C)C(N=NC4=CCC(N)C=C4)=CC1=[O+]C)CCCN3CCC2. The molecule has 3 aliphatic carbocycles. The average molecular weight is 456 g/mol. The maximum absolute atomic E-state index is 5.88. The molecular formula is C27H31N6O+. The van der Waals surface area contributed by atoms with Gasteiger partial charge in [0.1, 0.15) is 0 Å². The van der Waals surface area contributed by atoms with E-state index in [1.807, 2.05) is 37.3 Å². The first-order valence-electron chi connectivity index (χ1n) is 11.9. The molecule has 0 aromatic carbocycles. The molecule has 1 fully saturated rings. The van der Waals surface area contributed by atoms with Crippen molar-refractivity contribution in [2.24, 2.45) is 26.2 Å². The second-order valence-electron chi connectivity index (χ2n) is 9.15. The molecule has 7 heteroatoms. The van der Waals surface area contributed by atoms with Crippen LogP contribution in [0.3, 0.4) is 0 Å². The van der Waals surface area contributed by atoms with E-state index in [0.717, 1.165) is 67.0 Å². The zero-order valence-electron chi connectivity index (χ0n) is 19.9. The Morgan fingerprint density at radius 1 is 1.06 bits per heavy atom. The summed E-state index contributed by atoms with van der Waals surface area (Å²) in [6.07, 6.45) is 17.0. The van der Waals surface area contributed by atoms with Crippen LogP contribution in [0.15, 0.2) is 103 Å². The van der Waals surface area contributed by atoms with E-state index >= 15 is 0 Å². The zero-order valence-corrected chi connectivity index (χ0v) is 19.9. The van der Waals surface area contributed by atoms with Gasteiger partial charge in [0.25, 0.3) is 7.11 Å². The van der Waals surface area contributed by atoms with Crippen LogP contribution in [0.5, 0.6) is 0 Å². The third-order valence-electron chi connectivity index (χ3n) is 6.77. The van der Waals surface area contributed by atoms with Crippen LogP contribution in [0.4, 0.5) is 0 Å². The second kappa shape index (κ2) is 9.43. The number of rotatable bonds is 3. The fourth-order valence-corrected chi connectivity index (χ4v) is 4.93. The largest absolute Gasteiger partial charge is 0.372 e. The number of carbonyl (C=O) groups excluding carboxylic acids is 1. The molecule has 0 aromatic rings. The molecule has 1 unspecified atom stereocenters. The zero-order chi connectivity index (χ0) is 23.7. The number of ketones is 1. The molecule has 7 nitrogen and oxygen atoms in total. The van der Waals surface area contributed by atoms with E-state index < -0.39 is 0 Å². The van der Waals surface area contributed by atoms with Gasteiger partial charge in [0.15, 0.2) is 5.71 Å². The van der Waals surface area contributed by atoms with Gasteiger partial charge >= 0.3 is 5.78 Å². The number of nitrogens with two attached hydrogens (primary N) is 1. The molecule has 0 amide bonds. The maximum Gasteiger partial charge on any atom is 0.372 e. The molecule has 0 spiro atoms. The van der Waals surface area contributed by atoms with E-state index in [0.29, 0.717) is 11.5 Å². The van der Waals surface area contributed by atoms with E-state index in [1.165, 1.54) is 23.3 Å². The molecule has 1 saturated heterocycles. The highest BCUT2D eigenvalue weighted by Crippen LogP contribution is 2.40. The summed E-state index contributed by atoms with van der Waals surface area (Å²) >= 11 is 0. The summed E-state index contributed by atoms with van der Waals surface area (Å²) in [5.74, 6) is 0.606. The van der Waals surface area contributed by atoms with Gasteiger partial charge < -0.3 is 10.6 Å². The van der Waals surface area contributed by atoms with Crippen LogP contribution < -0.4 is 5.73 Å². The molecule has 0 aromatic heterocycles. The predicted octanol–water partition coefficient (Wildman–Crippen LogP) is 4.63. The highest BCUT2D eigenvalue weighted by Gasteiger charge is 2.32. The summed E-state index contributed by atoms with van der Waals surface area (Å²) in [5.41, 5.74) is 15.0. The first kappa shape index (κ1) is 22.3. The van der Waals surface area contributed by atoms with Gasteiger partial charge in [-0.3, -0.25) is 4.42 Å². The van der Waals surface area contributed by atoms with E-state index in [1.54, 1.807) is 7.11 Å². The topological polar surface area (TPSA) is 90.0 Å². The highest BCUT2D eigenvalue weighted by atomic mass is 16.4. The Kier molecular flexibility index (Phi) is 6.20. The summed E-state index contributed by atoms with van der Waals surface area (Å²) in [4.78, 5) is 2.51. The van der Waals surface area contributed by atoms with E-state index in [2.05, 4.69) is 38.0 Å². The third-order valence-corrected chi connectivity index (χ3v) is 6.77. The minimum Gasteiger partial charge on any atom is -0.371 e. The van der Waals surface area contributed by atoms with Crippen molar-refractivity contribution < 1.29 is 4.42 Å². The van der Waals surface area contributed by atoms with Crippen molar-refractivity contribution in [2.45, 2.75) is 45.1 Å². The molecule has 5 rings (SSSR count). The van der Waals surface area contributed by atoms with Crippen LogP contribution in [0.1, 0.15) is 39.0 Å². The van der Waals surface area contributed by atoms with E-state index in [-0.39, 0.29) is 6.04 Å². The number of hydrogen-bond acceptors (Lipinski definition) is 6. The van der Waals surface area contributed by atoms with Gasteiger partial charge in [-0.1, -0.05) is 18.7 Å². The van der Waals surface area contributed by atoms with Gasteiger partial charge in [0.2, 0.25) is 0 Å². The van der Waals surface area contributed by atoms with Gasteiger partial charge in [0.05, 0.1) is 23.2 Å². The quantitative estimate of drug-likeness (QED) is 0.291. The van der Waals surface area contributed by atoms with Gasteiger partial charge in [-0.2, -0.15) is 5.11 Å². The number of hydrogen-bond donors (Lipinski definition) is 1. The molecule has 2 aliphatic heterocycles. The Labute approximate surface area is 200 Å². The maximum atomic E-state index is 5.88. The van der Waals surface area contributed by atoms with Crippen molar-refractivity contribution in [3.8, 4) is 0 Å². The van der Waals surface area contributed by atoms with E-state index in [9.17, 15) is 0 Å². The Bertz CT molecular complexity index is 1230. The van der Waals surface area contributed by atoms with Crippen molar-refractivity contribution in [3.05, 3.63) is 82.4 Å². The lowest BCUT2D eigenvalue weighted by atomic mass is 9.81. The van der Waals surface area contributed by atoms with Crippen LogP contribution in [0.25, 0.3) is 0 Å². The lowest BCUT2D eigenvalue weighted by molar-refractivity contribution is -0.416. The summed E-state index contributed by atoms with van der Waals surface area (Å²) in [5, 5.41) is 18.0. The van der Waals surface area contributed by atoms with Crippen molar-refractivity contribution in [1.29, 1.82) is 0 Å². The highest BCUT2D eigenvalue weighted by molar-refractivity contribution is 6.49. The number of azo groups is 1. The standard InChI is InChI=1S/C27H31N6O/c1-17-14-25(26(34-3)16-23(17)30-29-21-10-8-20(28)9-11-21)32-31-24-15-19-6-4-12-33-13-5-7-22(18(24)2)27(19)33/h8,10-11,14-16,20H,2,4-7,9,12-13,28H2,1,3H3/q+1/b30-29?,31-24-,32-25-. The fraction of sp³-hybridized carbons (Fsp3) is 0.370. The van der Waals surface area contributed by atoms with Crippen molar-refractivity contribution in [3.63, 3.8) is 0 Å². The summed E-state index contributed by atoms with van der Waals surface area (Å²) in [6, 6.07) is 0.0530. The van der Waals surface area contributed by atoms with Gasteiger partial charge in [-0.05, 0) is 74.0 Å². The van der Waals surface area contributed by atoms with Gasteiger partial charge in [0, 0.05) is 30.4 Å². The van der Waals surface area contributed by atoms with Crippen LogP contribution in [0, 0.1) is 0 Å². The van der Waals surface area contributed by atoms with Crippen LogP contribution in [-0.2, 0) is 4.42 Å². The summed E-state index contributed by atoms with van der Waals surface area (Å²) in [6.45, 7) is 8.64. The molecule has 174 valence electrons. The number of piperidine rings is 1. The fourth-order valence-electron chi connectivity index (χ4n) is 4.93. The number of allylic oxidation sites excluding steroid dienone is 8. The first-order chi connectivity index (χ1) is 16.5. The first-order valence-corrected chi connectivity index (χ1v) is 11.9. The Morgan fingerprint density at radius 2 is 1.85 bits per heavy atom. The molecule has 0 radical (unpaired) electrons. The summed E-state index contributed by atoms with van der Waals surface area (Å²) in [7, 11) is 1.63. The molecule has 1 atom stereocenters. The predicted molar refractivity (Wildman–Crippen MR) is 137 cm³/mol. The van der Waals surface area contributed by atoms with E-state index in [4.69, 9.17) is 10.2 Å². The van der Waals surface area contributed by atoms with Crippen molar-refractivity contribution >= 4 is 17.2 Å².